The van der Waals surface area contributed by atoms with Crippen molar-refractivity contribution < 1.29 is 14.4 Å². The Hall–Kier alpha value is -0.545. The van der Waals surface area contributed by atoms with Crippen molar-refractivity contribution in [1.82, 2.24) is 0 Å². The van der Waals surface area contributed by atoms with Crippen LogP contribution in [0, 0.1) is 0 Å². The highest BCUT2D eigenvalue weighted by Crippen LogP contribution is 2.36. The first kappa shape index (κ1) is 13.9. The molecule has 0 unspecified atom stereocenters. The Balaban J connectivity index is 2.35. The van der Waals surface area contributed by atoms with E-state index < -0.39 is 7.12 Å². The van der Waals surface area contributed by atoms with Gasteiger partial charge in [0, 0.05) is 5.02 Å². The molecule has 1 heterocycles. The first-order chi connectivity index (χ1) is 8.27. The highest BCUT2D eigenvalue weighted by atomic mass is 35.5. The quantitative estimate of drug-likeness (QED) is 0.835. The van der Waals surface area contributed by atoms with Crippen LogP contribution in [0.25, 0.3) is 0 Å². The Morgan fingerprint density at radius 3 is 2.22 bits per heavy atom. The van der Waals surface area contributed by atoms with Gasteiger partial charge in [0.25, 0.3) is 0 Å². The smallest absolute Gasteiger partial charge is 0.399 e. The number of hydrogen-bond donors (Lipinski definition) is 1. The van der Waals surface area contributed by atoms with Gasteiger partial charge in [0.2, 0.25) is 0 Å². The fraction of sp³-hybridized carbons (Fsp3) is 0.538. The zero-order valence-electron chi connectivity index (χ0n) is 11.2. The van der Waals surface area contributed by atoms with Crippen LogP contribution < -0.4 is 5.46 Å². The maximum Gasteiger partial charge on any atom is 0.495 e. The van der Waals surface area contributed by atoms with Crippen molar-refractivity contribution in [2.45, 2.75) is 45.5 Å². The predicted octanol–water partition coefficient (Wildman–Crippen LogP) is 2.13. The molecule has 0 amide bonds. The molecule has 3 nitrogen and oxygen atoms in total. The lowest BCUT2D eigenvalue weighted by Crippen LogP contribution is -2.41. The molecule has 0 bridgehead atoms. The van der Waals surface area contributed by atoms with Gasteiger partial charge in [-0.05, 0) is 50.9 Å². The van der Waals surface area contributed by atoms with E-state index in [-0.39, 0.29) is 17.8 Å². The fourth-order valence-electron chi connectivity index (χ4n) is 1.91. The molecular formula is C13H18BClO3. The van der Waals surface area contributed by atoms with Gasteiger partial charge in [-0.15, -0.1) is 0 Å². The third kappa shape index (κ3) is 2.30. The van der Waals surface area contributed by atoms with Gasteiger partial charge in [-0.25, -0.2) is 0 Å². The predicted molar refractivity (Wildman–Crippen MR) is 73.1 cm³/mol. The standard InChI is InChI=1S/C13H18BClO3/c1-12(2)13(3,4)18-14(17-12)11-6-5-10(15)7-9(11)8-16/h5-7,16H,8H2,1-4H3. The van der Waals surface area contributed by atoms with Gasteiger partial charge in [-0.2, -0.15) is 0 Å². The average molecular weight is 269 g/mol. The normalized spacial score (nSPS) is 21.3. The van der Waals surface area contributed by atoms with E-state index in [4.69, 9.17) is 20.9 Å². The van der Waals surface area contributed by atoms with Crippen molar-refractivity contribution >= 4 is 24.2 Å². The monoisotopic (exact) mass is 268 g/mol. The summed E-state index contributed by atoms with van der Waals surface area (Å²) < 4.78 is 11.9. The molecule has 0 atom stereocenters. The van der Waals surface area contributed by atoms with Gasteiger partial charge in [0.15, 0.2) is 0 Å². The first-order valence-corrected chi connectivity index (χ1v) is 6.39. The van der Waals surface area contributed by atoms with Crippen molar-refractivity contribution in [1.29, 1.82) is 0 Å². The zero-order valence-corrected chi connectivity index (χ0v) is 11.9. The van der Waals surface area contributed by atoms with Crippen molar-refractivity contribution in [3.63, 3.8) is 0 Å². The fourth-order valence-corrected chi connectivity index (χ4v) is 2.11. The van der Waals surface area contributed by atoms with Crippen LogP contribution in [-0.4, -0.2) is 23.4 Å². The van der Waals surface area contributed by atoms with E-state index >= 15 is 0 Å². The van der Waals surface area contributed by atoms with E-state index in [0.29, 0.717) is 5.02 Å². The Bertz CT molecular complexity index is 444. The van der Waals surface area contributed by atoms with Crippen molar-refractivity contribution in [3.05, 3.63) is 28.8 Å². The zero-order chi connectivity index (χ0) is 13.6. The van der Waals surface area contributed by atoms with Crippen molar-refractivity contribution in [2.24, 2.45) is 0 Å². The molecule has 5 heteroatoms. The number of rotatable bonds is 2. The van der Waals surface area contributed by atoms with Crippen LogP contribution in [-0.2, 0) is 15.9 Å². The van der Waals surface area contributed by atoms with E-state index in [2.05, 4.69) is 0 Å². The molecule has 1 aromatic rings. The number of halogens is 1. The van der Waals surface area contributed by atoms with Crippen LogP contribution in [0.1, 0.15) is 33.3 Å². The summed E-state index contributed by atoms with van der Waals surface area (Å²) >= 11 is 5.92. The summed E-state index contributed by atoms with van der Waals surface area (Å²) in [5.41, 5.74) is 0.801. The SMILES string of the molecule is CC1(C)OB(c2ccc(Cl)cc2CO)OC1(C)C. The molecule has 1 saturated heterocycles. The summed E-state index contributed by atoms with van der Waals surface area (Å²) in [6, 6.07) is 5.36. The highest BCUT2D eigenvalue weighted by molar-refractivity contribution is 6.62. The molecule has 1 fully saturated rings. The van der Waals surface area contributed by atoms with E-state index in [1.807, 2.05) is 33.8 Å². The average Bonchev–Trinajstić information content (AvgIpc) is 2.47. The molecule has 2 rings (SSSR count). The molecule has 0 saturated carbocycles. The van der Waals surface area contributed by atoms with Crippen LogP contribution in [0.5, 0.6) is 0 Å². The molecule has 1 aliphatic heterocycles. The van der Waals surface area contributed by atoms with Gasteiger partial charge < -0.3 is 14.4 Å². The van der Waals surface area contributed by atoms with Crippen molar-refractivity contribution in [3.8, 4) is 0 Å². The second-order valence-corrected chi connectivity index (χ2v) is 6.03. The first-order valence-electron chi connectivity index (χ1n) is 6.02. The van der Waals surface area contributed by atoms with Crippen LogP contribution in [0.15, 0.2) is 18.2 Å². The summed E-state index contributed by atoms with van der Waals surface area (Å²) in [4.78, 5) is 0. The minimum atomic E-state index is -0.464. The molecule has 18 heavy (non-hydrogen) atoms. The van der Waals surface area contributed by atoms with Crippen LogP contribution in [0.4, 0.5) is 0 Å². The molecule has 1 aliphatic rings. The molecule has 0 aliphatic carbocycles. The molecule has 0 aromatic heterocycles. The largest absolute Gasteiger partial charge is 0.495 e. The van der Waals surface area contributed by atoms with Gasteiger partial charge >= 0.3 is 7.12 Å². The van der Waals surface area contributed by atoms with Crippen LogP contribution in [0.2, 0.25) is 5.02 Å². The molecule has 0 radical (unpaired) electrons. The molecule has 1 N–H and O–H groups in total. The van der Waals surface area contributed by atoms with Gasteiger partial charge in [0.05, 0.1) is 17.8 Å². The highest BCUT2D eigenvalue weighted by Gasteiger charge is 2.52. The summed E-state index contributed by atoms with van der Waals surface area (Å²) in [5, 5.41) is 9.99. The van der Waals surface area contributed by atoms with Crippen LogP contribution in [0.3, 0.4) is 0 Å². The number of aliphatic hydroxyl groups excluding tert-OH is 1. The summed E-state index contributed by atoms with van der Waals surface area (Å²) in [7, 11) is -0.464. The maximum absolute atomic E-state index is 9.39. The lowest BCUT2D eigenvalue weighted by Gasteiger charge is -2.32. The Kier molecular flexibility index (Phi) is 3.49. The van der Waals surface area contributed by atoms with E-state index in [0.717, 1.165) is 11.0 Å². The maximum atomic E-state index is 9.39. The van der Waals surface area contributed by atoms with Gasteiger partial charge in [0.1, 0.15) is 0 Å². The second-order valence-electron chi connectivity index (χ2n) is 5.59. The Morgan fingerprint density at radius 2 is 1.72 bits per heavy atom. The Labute approximate surface area is 113 Å². The molecule has 1 aromatic carbocycles. The third-order valence-corrected chi connectivity index (χ3v) is 4.02. The molecular weight excluding hydrogens is 250 g/mol. The minimum Gasteiger partial charge on any atom is -0.399 e. The van der Waals surface area contributed by atoms with E-state index in [9.17, 15) is 5.11 Å². The topological polar surface area (TPSA) is 38.7 Å². The van der Waals surface area contributed by atoms with Crippen LogP contribution >= 0.6 is 11.6 Å². The minimum absolute atomic E-state index is 0.0834. The molecule has 98 valence electrons. The summed E-state index contributed by atoms with van der Waals surface area (Å²) in [6.45, 7) is 7.92. The lowest BCUT2D eigenvalue weighted by molar-refractivity contribution is 0.00578. The number of benzene rings is 1. The summed E-state index contributed by atoms with van der Waals surface area (Å²) in [5.74, 6) is 0. The third-order valence-electron chi connectivity index (χ3n) is 3.78. The Morgan fingerprint density at radius 1 is 1.17 bits per heavy atom. The van der Waals surface area contributed by atoms with Crippen molar-refractivity contribution in [2.75, 3.05) is 0 Å². The van der Waals surface area contributed by atoms with Gasteiger partial charge in [-0.1, -0.05) is 17.7 Å². The summed E-state index contributed by atoms with van der Waals surface area (Å²) in [6.07, 6.45) is 0. The molecule has 0 spiro atoms. The van der Waals surface area contributed by atoms with Gasteiger partial charge in [-0.3, -0.25) is 0 Å². The number of aliphatic hydroxyl groups is 1. The lowest BCUT2D eigenvalue weighted by atomic mass is 9.76. The van der Waals surface area contributed by atoms with E-state index in [1.165, 1.54) is 0 Å². The second kappa shape index (κ2) is 4.53. The van der Waals surface area contributed by atoms with E-state index in [1.54, 1.807) is 12.1 Å². The number of hydrogen-bond acceptors (Lipinski definition) is 3.